The summed E-state index contributed by atoms with van der Waals surface area (Å²) >= 11 is 0.659. The predicted molar refractivity (Wildman–Crippen MR) is 74.3 cm³/mol. The number of likely N-dealkylation sites (N-methyl/N-ethyl adjacent to an activating group) is 1. The zero-order valence-corrected chi connectivity index (χ0v) is 13.4. The van der Waals surface area contributed by atoms with Crippen molar-refractivity contribution in [2.75, 3.05) is 21.3 Å². The SMILES string of the molecule is COC(=O)c1cc(OC)c(S(=O)(=O)N(C)C(C)C(=O)O)s1. The van der Waals surface area contributed by atoms with Crippen LogP contribution in [0.4, 0.5) is 0 Å². The van der Waals surface area contributed by atoms with Crippen LogP contribution in [-0.4, -0.2) is 57.1 Å². The number of ether oxygens (including phenoxy) is 2. The fourth-order valence-electron chi connectivity index (χ4n) is 1.38. The summed E-state index contributed by atoms with van der Waals surface area (Å²) in [6.45, 7) is 1.24. The Hall–Kier alpha value is -1.65. The predicted octanol–water partition coefficient (Wildman–Crippen LogP) is 0.637. The van der Waals surface area contributed by atoms with E-state index in [1.807, 2.05) is 0 Å². The minimum Gasteiger partial charge on any atom is -0.494 e. The van der Waals surface area contributed by atoms with Crippen LogP contribution in [0.2, 0.25) is 0 Å². The number of sulfonamides is 1. The van der Waals surface area contributed by atoms with Crippen LogP contribution >= 0.6 is 11.3 Å². The van der Waals surface area contributed by atoms with E-state index in [2.05, 4.69) is 4.74 Å². The molecule has 0 saturated carbocycles. The highest BCUT2D eigenvalue weighted by Crippen LogP contribution is 2.36. The molecule has 1 rings (SSSR count). The third-order valence-corrected chi connectivity index (χ3v) is 6.31. The van der Waals surface area contributed by atoms with Crippen molar-refractivity contribution in [2.45, 2.75) is 17.2 Å². The molecule has 0 saturated heterocycles. The van der Waals surface area contributed by atoms with Crippen LogP contribution in [0.25, 0.3) is 0 Å². The lowest BCUT2D eigenvalue weighted by Crippen LogP contribution is -2.39. The van der Waals surface area contributed by atoms with Crippen LogP contribution in [0.3, 0.4) is 0 Å². The largest absolute Gasteiger partial charge is 0.494 e. The summed E-state index contributed by atoms with van der Waals surface area (Å²) in [6.07, 6.45) is 0. The summed E-state index contributed by atoms with van der Waals surface area (Å²) in [4.78, 5) is 22.4. The molecule has 0 aliphatic heterocycles. The van der Waals surface area contributed by atoms with Gasteiger partial charge >= 0.3 is 11.9 Å². The van der Waals surface area contributed by atoms with Crippen molar-refractivity contribution in [2.24, 2.45) is 0 Å². The van der Waals surface area contributed by atoms with Gasteiger partial charge in [-0.3, -0.25) is 4.79 Å². The van der Waals surface area contributed by atoms with Crippen molar-refractivity contribution < 1.29 is 32.6 Å². The maximum absolute atomic E-state index is 12.4. The molecule has 1 atom stereocenters. The monoisotopic (exact) mass is 337 g/mol. The highest BCUT2D eigenvalue weighted by atomic mass is 32.2. The molecular weight excluding hydrogens is 322 g/mol. The van der Waals surface area contributed by atoms with Crippen molar-refractivity contribution in [3.63, 3.8) is 0 Å². The molecule has 0 bridgehead atoms. The molecule has 1 aromatic rings. The Labute approximate surface area is 125 Å². The Morgan fingerprint density at radius 1 is 1.38 bits per heavy atom. The molecule has 21 heavy (non-hydrogen) atoms. The Morgan fingerprint density at radius 2 is 1.95 bits per heavy atom. The van der Waals surface area contributed by atoms with Crippen molar-refractivity contribution >= 4 is 33.3 Å². The molecule has 0 radical (unpaired) electrons. The highest BCUT2D eigenvalue weighted by molar-refractivity contribution is 7.91. The lowest BCUT2D eigenvalue weighted by Gasteiger charge is -2.20. The second kappa shape index (κ2) is 6.41. The van der Waals surface area contributed by atoms with Gasteiger partial charge in [0.25, 0.3) is 10.0 Å². The number of nitrogens with zero attached hydrogens (tertiary/aromatic N) is 1. The van der Waals surface area contributed by atoms with Gasteiger partial charge in [0.1, 0.15) is 10.9 Å². The zero-order valence-electron chi connectivity index (χ0n) is 11.8. The summed E-state index contributed by atoms with van der Waals surface area (Å²) in [5.41, 5.74) is 0. The third-order valence-electron chi connectivity index (χ3n) is 2.79. The van der Waals surface area contributed by atoms with Crippen LogP contribution in [-0.2, 0) is 19.6 Å². The molecule has 1 aromatic heterocycles. The number of esters is 1. The van der Waals surface area contributed by atoms with Gasteiger partial charge in [-0.05, 0) is 6.92 Å². The maximum Gasteiger partial charge on any atom is 0.348 e. The Kier molecular flexibility index (Phi) is 5.31. The Bertz CT molecular complexity index is 650. The van der Waals surface area contributed by atoms with Crippen LogP contribution in [0, 0.1) is 0 Å². The van der Waals surface area contributed by atoms with Crippen molar-refractivity contribution in [3.05, 3.63) is 10.9 Å². The summed E-state index contributed by atoms with van der Waals surface area (Å²) < 4.78 is 34.8. The molecular formula is C11H15NO7S2. The van der Waals surface area contributed by atoms with Gasteiger partial charge < -0.3 is 14.6 Å². The van der Waals surface area contributed by atoms with Gasteiger partial charge in [-0.15, -0.1) is 11.3 Å². The molecule has 1 heterocycles. The lowest BCUT2D eigenvalue weighted by atomic mass is 10.4. The van der Waals surface area contributed by atoms with Gasteiger partial charge in [0, 0.05) is 13.1 Å². The maximum atomic E-state index is 12.4. The molecule has 10 heteroatoms. The number of rotatable bonds is 6. The van der Waals surface area contributed by atoms with E-state index >= 15 is 0 Å². The van der Waals surface area contributed by atoms with Gasteiger partial charge in [0.05, 0.1) is 14.2 Å². The number of thiophene rings is 1. The third kappa shape index (κ3) is 3.34. The van der Waals surface area contributed by atoms with Crippen molar-refractivity contribution in [1.29, 1.82) is 0 Å². The summed E-state index contributed by atoms with van der Waals surface area (Å²) in [5, 5.41) is 8.91. The quantitative estimate of drug-likeness (QED) is 0.758. The fraction of sp³-hybridized carbons (Fsp3) is 0.455. The highest BCUT2D eigenvalue weighted by Gasteiger charge is 2.34. The number of hydrogen-bond donors (Lipinski definition) is 1. The van der Waals surface area contributed by atoms with E-state index in [1.165, 1.54) is 27.2 Å². The van der Waals surface area contributed by atoms with Crippen molar-refractivity contribution in [3.8, 4) is 5.75 Å². The van der Waals surface area contributed by atoms with E-state index in [4.69, 9.17) is 9.84 Å². The first-order valence-electron chi connectivity index (χ1n) is 5.63. The van der Waals surface area contributed by atoms with Gasteiger partial charge in [-0.1, -0.05) is 0 Å². The van der Waals surface area contributed by atoms with Crippen LogP contribution in [0.15, 0.2) is 10.3 Å². The number of carbonyl (C=O) groups is 2. The van der Waals surface area contributed by atoms with E-state index in [0.717, 1.165) is 7.05 Å². The number of carboxylic acids is 1. The van der Waals surface area contributed by atoms with E-state index in [9.17, 15) is 18.0 Å². The number of carboxylic acid groups (broad SMARTS) is 1. The fourth-order valence-corrected chi connectivity index (χ4v) is 4.36. The molecule has 0 aromatic carbocycles. The standard InChI is InChI=1S/C11H15NO7S2/c1-6(9(13)14)12(2)21(16,17)11-7(18-3)5-8(20-11)10(15)19-4/h5-6H,1-4H3,(H,13,14). The minimum absolute atomic E-state index is 0.0372. The second-order valence-electron chi connectivity index (χ2n) is 3.99. The summed E-state index contributed by atoms with van der Waals surface area (Å²) in [7, 11) is -0.544. The van der Waals surface area contributed by atoms with Gasteiger partial charge in [-0.25, -0.2) is 13.2 Å². The minimum atomic E-state index is -4.11. The molecule has 0 aliphatic rings. The van der Waals surface area contributed by atoms with E-state index in [0.29, 0.717) is 15.6 Å². The zero-order chi connectivity index (χ0) is 16.4. The second-order valence-corrected chi connectivity index (χ2v) is 7.24. The number of hydrogen-bond acceptors (Lipinski definition) is 7. The van der Waals surface area contributed by atoms with Gasteiger partial charge in [-0.2, -0.15) is 4.31 Å². The first kappa shape index (κ1) is 17.4. The number of methoxy groups -OCH3 is 2. The normalized spacial score (nSPS) is 13.0. The van der Waals surface area contributed by atoms with E-state index in [-0.39, 0.29) is 14.8 Å². The van der Waals surface area contributed by atoms with Crippen molar-refractivity contribution in [1.82, 2.24) is 4.31 Å². The smallest absolute Gasteiger partial charge is 0.348 e. The van der Waals surface area contributed by atoms with Gasteiger partial charge in [0.2, 0.25) is 0 Å². The summed E-state index contributed by atoms with van der Waals surface area (Å²) in [5.74, 6) is -2.02. The first-order valence-corrected chi connectivity index (χ1v) is 7.89. The average Bonchev–Trinajstić information content (AvgIpc) is 2.89. The molecule has 1 unspecified atom stereocenters. The lowest BCUT2D eigenvalue weighted by molar-refractivity contribution is -0.140. The Balaban J connectivity index is 3.34. The molecule has 0 spiro atoms. The molecule has 0 amide bonds. The molecule has 8 nitrogen and oxygen atoms in total. The van der Waals surface area contributed by atoms with E-state index < -0.39 is 28.0 Å². The topological polar surface area (TPSA) is 110 Å². The summed E-state index contributed by atoms with van der Waals surface area (Å²) in [6, 6.07) is -0.0220. The average molecular weight is 337 g/mol. The number of carbonyl (C=O) groups excluding carboxylic acids is 1. The van der Waals surface area contributed by atoms with E-state index in [1.54, 1.807) is 0 Å². The Morgan fingerprint density at radius 3 is 2.38 bits per heavy atom. The molecule has 118 valence electrons. The first-order chi connectivity index (χ1) is 9.66. The van der Waals surface area contributed by atoms with Crippen LogP contribution in [0.1, 0.15) is 16.6 Å². The molecule has 0 aliphatic carbocycles. The van der Waals surface area contributed by atoms with Crippen LogP contribution in [0.5, 0.6) is 5.75 Å². The molecule has 1 N–H and O–H groups in total. The van der Waals surface area contributed by atoms with Gasteiger partial charge in [0.15, 0.2) is 9.96 Å². The number of aliphatic carboxylic acids is 1. The van der Waals surface area contributed by atoms with Crippen LogP contribution < -0.4 is 4.74 Å². The molecule has 0 fully saturated rings.